The zero-order chi connectivity index (χ0) is 30.4. The summed E-state index contributed by atoms with van der Waals surface area (Å²) in [4.78, 5) is 44.2. The monoisotopic (exact) mass is 581 g/mol. The van der Waals surface area contributed by atoms with Gasteiger partial charge < -0.3 is 29.1 Å². The first-order valence-corrected chi connectivity index (χ1v) is 14.7. The molecule has 42 heavy (non-hydrogen) atoms. The standard InChI is InChI=1S/C32H43N3O7/c1-6-8-13-35(24-11-9-10-22(7-2)15-24)29(37)19-34-18-25(23-16-27(40-5)31-28(17-23)41-20-42-31)30(32(38)39)26(34)12-14-33(4)21(3)36/h9-11,15-17,25-26,30H,6-8,12-14,18-20H2,1-5H3,(H,38,39)/t25-,26+,30?/m1/s1. The van der Waals surface area contributed by atoms with Gasteiger partial charge in [-0.2, -0.15) is 0 Å². The highest BCUT2D eigenvalue weighted by Gasteiger charge is 2.47. The van der Waals surface area contributed by atoms with Crippen LogP contribution < -0.4 is 19.1 Å². The first-order chi connectivity index (χ1) is 20.2. The lowest BCUT2D eigenvalue weighted by molar-refractivity contribution is -0.143. The van der Waals surface area contributed by atoms with Crippen molar-refractivity contribution in [3.63, 3.8) is 0 Å². The predicted molar refractivity (Wildman–Crippen MR) is 159 cm³/mol. The molecule has 3 atom stereocenters. The summed E-state index contributed by atoms with van der Waals surface area (Å²) < 4.78 is 16.7. The number of ether oxygens (including phenoxy) is 3. The highest BCUT2D eigenvalue weighted by Crippen LogP contribution is 2.47. The van der Waals surface area contributed by atoms with Gasteiger partial charge in [-0.3, -0.25) is 19.3 Å². The number of anilines is 1. The molecule has 0 saturated carbocycles. The Morgan fingerprint density at radius 3 is 2.57 bits per heavy atom. The molecule has 0 bridgehead atoms. The van der Waals surface area contributed by atoms with Crippen LogP contribution in [0.1, 0.15) is 57.1 Å². The molecule has 2 aliphatic heterocycles. The molecule has 10 heteroatoms. The molecular formula is C32H43N3O7. The fourth-order valence-electron chi connectivity index (χ4n) is 5.95. The van der Waals surface area contributed by atoms with Gasteiger partial charge in [-0.1, -0.05) is 32.4 Å². The van der Waals surface area contributed by atoms with Crippen LogP contribution in [-0.4, -0.2) is 85.9 Å². The van der Waals surface area contributed by atoms with Crippen LogP contribution in [0.4, 0.5) is 5.69 Å². The van der Waals surface area contributed by atoms with Gasteiger partial charge in [-0.05, 0) is 54.7 Å². The summed E-state index contributed by atoms with van der Waals surface area (Å²) in [6.07, 6.45) is 3.07. The number of fused-ring (bicyclic) bond motifs is 1. The van der Waals surface area contributed by atoms with Gasteiger partial charge >= 0.3 is 5.97 Å². The van der Waals surface area contributed by atoms with E-state index in [1.165, 1.54) is 14.0 Å². The van der Waals surface area contributed by atoms with Crippen molar-refractivity contribution in [1.29, 1.82) is 0 Å². The Labute approximate surface area is 248 Å². The number of likely N-dealkylation sites (tertiary alicyclic amines) is 1. The number of methoxy groups -OCH3 is 1. The van der Waals surface area contributed by atoms with Crippen LogP contribution in [0.3, 0.4) is 0 Å². The lowest BCUT2D eigenvalue weighted by atomic mass is 9.84. The minimum atomic E-state index is -0.944. The van der Waals surface area contributed by atoms with Gasteiger partial charge in [0.15, 0.2) is 11.5 Å². The van der Waals surface area contributed by atoms with E-state index in [0.717, 1.165) is 36.1 Å². The van der Waals surface area contributed by atoms with Crippen molar-refractivity contribution in [3.8, 4) is 17.2 Å². The van der Waals surface area contributed by atoms with Crippen molar-refractivity contribution >= 4 is 23.5 Å². The summed E-state index contributed by atoms with van der Waals surface area (Å²) in [6, 6.07) is 11.2. The number of carboxylic acids is 1. The van der Waals surface area contributed by atoms with E-state index < -0.39 is 23.8 Å². The van der Waals surface area contributed by atoms with Crippen molar-refractivity contribution in [3.05, 3.63) is 47.5 Å². The number of carboxylic acid groups (broad SMARTS) is 1. The molecule has 4 rings (SSSR count). The molecule has 1 N–H and O–H groups in total. The molecule has 2 aromatic carbocycles. The topological polar surface area (TPSA) is 109 Å². The quantitative estimate of drug-likeness (QED) is 0.376. The number of hydrogen-bond donors (Lipinski definition) is 1. The van der Waals surface area contributed by atoms with E-state index >= 15 is 0 Å². The Balaban J connectivity index is 1.68. The number of carbonyl (C=O) groups excluding carboxylic acids is 2. The van der Waals surface area contributed by atoms with Crippen molar-refractivity contribution in [2.75, 3.05) is 52.0 Å². The molecule has 2 heterocycles. The van der Waals surface area contributed by atoms with E-state index in [-0.39, 0.29) is 25.2 Å². The summed E-state index contributed by atoms with van der Waals surface area (Å²) in [5.74, 6) is -0.866. The molecule has 0 aromatic heterocycles. The number of rotatable bonds is 13. The second-order valence-corrected chi connectivity index (χ2v) is 11.1. The van der Waals surface area contributed by atoms with E-state index in [4.69, 9.17) is 14.2 Å². The molecule has 1 saturated heterocycles. The normalized spacial score (nSPS) is 19.5. The Morgan fingerprint density at radius 2 is 1.90 bits per heavy atom. The van der Waals surface area contributed by atoms with Gasteiger partial charge in [0.05, 0.1) is 19.6 Å². The van der Waals surface area contributed by atoms with E-state index in [9.17, 15) is 19.5 Å². The fourth-order valence-corrected chi connectivity index (χ4v) is 5.95. The molecule has 2 aromatic rings. The number of unbranched alkanes of at least 4 members (excludes halogenated alkanes) is 1. The Hall–Kier alpha value is -3.79. The molecule has 1 unspecified atom stereocenters. The van der Waals surface area contributed by atoms with Crippen LogP contribution in [0.2, 0.25) is 0 Å². The minimum absolute atomic E-state index is 0.0651. The summed E-state index contributed by atoms with van der Waals surface area (Å²) in [7, 11) is 3.24. The van der Waals surface area contributed by atoms with Crippen molar-refractivity contribution in [1.82, 2.24) is 9.80 Å². The smallest absolute Gasteiger partial charge is 0.308 e. The van der Waals surface area contributed by atoms with Gasteiger partial charge in [0.1, 0.15) is 0 Å². The molecule has 0 spiro atoms. The van der Waals surface area contributed by atoms with Crippen LogP contribution in [-0.2, 0) is 20.8 Å². The molecule has 1 fully saturated rings. The molecule has 2 aliphatic rings. The van der Waals surface area contributed by atoms with Crippen LogP contribution in [0.25, 0.3) is 0 Å². The second kappa shape index (κ2) is 13.9. The van der Waals surface area contributed by atoms with Gasteiger partial charge in [-0.25, -0.2) is 0 Å². The number of carbonyl (C=O) groups is 3. The molecular weight excluding hydrogens is 538 g/mol. The largest absolute Gasteiger partial charge is 0.493 e. The van der Waals surface area contributed by atoms with E-state index in [1.54, 1.807) is 11.9 Å². The maximum absolute atomic E-state index is 14.0. The average molecular weight is 582 g/mol. The number of benzene rings is 2. The SMILES string of the molecule is CCCCN(C(=O)CN1C[C@H](c2cc(OC)c3c(c2)OCO3)C(C(=O)O)[C@@H]1CCN(C)C(C)=O)c1cccc(CC)c1. The third-order valence-electron chi connectivity index (χ3n) is 8.45. The highest BCUT2D eigenvalue weighted by molar-refractivity contribution is 5.95. The molecule has 0 aliphatic carbocycles. The predicted octanol–water partition coefficient (Wildman–Crippen LogP) is 4.16. The fraction of sp³-hybridized carbons (Fsp3) is 0.531. The van der Waals surface area contributed by atoms with Crippen molar-refractivity contribution in [2.45, 2.75) is 58.4 Å². The van der Waals surface area contributed by atoms with Crippen LogP contribution in [0.15, 0.2) is 36.4 Å². The van der Waals surface area contributed by atoms with E-state index in [1.807, 2.05) is 34.1 Å². The lowest BCUT2D eigenvalue weighted by Gasteiger charge is -2.31. The highest BCUT2D eigenvalue weighted by atomic mass is 16.7. The molecule has 228 valence electrons. The average Bonchev–Trinajstić information content (AvgIpc) is 3.60. The Morgan fingerprint density at radius 1 is 1.12 bits per heavy atom. The first-order valence-electron chi connectivity index (χ1n) is 14.7. The number of aliphatic carboxylic acids is 1. The van der Waals surface area contributed by atoms with Crippen LogP contribution in [0.5, 0.6) is 17.2 Å². The van der Waals surface area contributed by atoms with E-state index in [0.29, 0.717) is 43.3 Å². The third kappa shape index (κ3) is 6.81. The summed E-state index contributed by atoms with van der Waals surface area (Å²) in [6.45, 7) is 7.12. The Bertz CT molecular complexity index is 1280. The minimum Gasteiger partial charge on any atom is -0.493 e. The van der Waals surface area contributed by atoms with Crippen LogP contribution in [0, 0.1) is 5.92 Å². The van der Waals surface area contributed by atoms with Gasteiger partial charge in [0, 0.05) is 51.3 Å². The second-order valence-electron chi connectivity index (χ2n) is 11.1. The number of hydrogen-bond acceptors (Lipinski definition) is 7. The first kappa shape index (κ1) is 31.2. The van der Waals surface area contributed by atoms with Gasteiger partial charge in [0.25, 0.3) is 0 Å². The summed E-state index contributed by atoms with van der Waals surface area (Å²) in [5.41, 5.74) is 2.75. The summed E-state index contributed by atoms with van der Waals surface area (Å²) >= 11 is 0. The van der Waals surface area contributed by atoms with Gasteiger partial charge in [-0.15, -0.1) is 0 Å². The number of aryl methyl sites for hydroxylation is 1. The summed E-state index contributed by atoms with van der Waals surface area (Å²) in [5, 5.41) is 10.5. The maximum atomic E-state index is 14.0. The van der Waals surface area contributed by atoms with E-state index in [2.05, 4.69) is 26.0 Å². The third-order valence-corrected chi connectivity index (χ3v) is 8.45. The zero-order valence-corrected chi connectivity index (χ0v) is 25.3. The molecule has 10 nitrogen and oxygen atoms in total. The zero-order valence-electron chi connectivity index (χ0n) is 25.3. The maximum Gasteiger partial charge on any atom is 0.308 e. The van der Waals surface area contributed by atoms with Crippen molar-refractivity contribution < 1.29 is 33.7 Å². The van der Waals surface area contributed by atoms with Gasteiger partial charge in [0.2, 0.25) is 24.4 Å². The van der Waals surface area contributed by atoms with Crippen LogP contribution >= 0.6 is 0 Å². The molecule has 0 radical (unpaired) electrons. The lowest BCUT2D eigenvalue weighted by Crippen LogP contribution is -2.45. The number of nitrogens with zero attached hydrogens (tertiary/aromatic N) is 3. The number of amides is 2. The molecule has 2 amide bonds. The Kier molecular flexibility index (Phi) is 10.3. The van der Waals surface area contributed by atoms with Crippen molar-refractivity contribution in [2.24, 2.45) is 5.92 Å².